The molecule has 88 valence electrons. The van der Waals surface area contributed by atoms with Gasteiger partial charge in [-0.1, -0.05) is 24.6 Å². The molecule has 1 rings (SSSR count). The lowest BCUT2D eigenvalue weighted by Gasteiger charge is -2.20. The smallest absolute Gasteiger partial charge is 0.263 e. The number of hydrogen-bond acceptors (Lipinski definition) is 2. The number of aryl methyl sites for hydroxylation is 1. The van der Waals surface area contributed by atoms with Crippen molar-refractivity contribution in [2.75, 3.05) is 14.1 Å². The van der Waals surface area contributed by atoms with Crippen LogP contribution in [-0.2, 0) is 4.79 Å². The van der Waals surface area contributed by atoms with Crippen LogP contribution in [0.25, 0.3) is 0 Å². The summed E-state index contributed by atoms with van der Waals surface area (Å²) in [7, 11) is 3.48. The maximum atomic E-state index is 11.7. The standard InChI is InChI=1S/C13H19NO2/c1-5-12(13(15)14(3)4)16-11-8-6-10(2)7-9-11/h6-9,12H,5H2,1-4H3/t12-/m1/s1. The molecule has 0 aliphatic heterocycles. The van der Waals surface area contributed by atoms with E-state index in [4.69, 9.17) is 4.74 Å². The molecule has 0 bridgehead atoms. The number of nitrogens with zero attached hydrogens (tertiary/aromatic N) is 1. The zero-order chi connectivity index (χ0) is 12.1. The average Bonchev–Trinajstić information content (AvgIpc) is 2.27. The molecular formula is C13H19NO2. The Morgan fingerprint density at radius 3 is 2.31 bits per heavy atom. The van der Waals surface area contributed by atoms with E-state index in [9.17, 15) is 4.79 Å². The van der Waals surface area contributed by atoms with E-state index in [-0.39, 0.29) is 5.91 Å². The minimum absolute atomic E-state index is 0.00285. The second-order valence-corrected chi connectivity index (χ2v) is 4.06. The lowest BCUT2D eigenvalue weighted by molar-refractivity contribution is -0.136. The molecular weight excluding hydrogens is 202 g/mol. The Hall–Kier alpha value is -1.51. The summed E-state index contributed by atoms with van der Waals surface area (Å²) in [5, 5.41) is 0. The monoisotopic (exact) mass is 221 g/mol. The summed E-state index contributed by atoms with van der Waals surface area (Å²) in [6, 6.07) is 7.73. The number of ether oxygens (including phenoxy) is 1. The van der Waals surface area contributed by atoms with E-state index in [2.05, 4.69) is 0 Å². The zero-order valence-corrected chi connectivity index (χ0v) is 10.4. The molecule has 1 amide bonds. The molecule has 1 aromatic carbocycles. The van der Waals surface area contributed by atoms with E-state index in [1.165, 1.54) is 5.56 Å². The molecule has 3 heteroatoms. The van der Waals surface area contributed by atoms with Gasteiger partial charge < -0.3 is 9.64 Å². The summed E-state index contributed by atoms with van der Waals surface area (Å²) in [6.45, 7) is 3.96. The molecule has 0 spiro atoms. The van der Waals surface area contributed by atoms with Gasteiger partial charge in [0.25, 0.3) is 5.91 Å². The Kier molecular flexibility index (Phi) is 4.35. The highest BCUT2D eigenvalue weighted by Crippen LogP contribution is 2.15. The Bertz CT molecular complexity index is 343. The van der Waals surface area contributed by atoms with Crippen molar-refractivity contribution in [2.45, 2.75) is 26.4 Å². The van der Waals surface area contributed by atoms with Crippen molar-refractivity contribution in [3.05, 3.63) is 29.8 Å². The number of hydrogen-bond donors (Lipinski definition) is 0. The highest BCUT2D eigenvalue weighted by atomic mass is 16.5. The minimum Gasteiger partial charge on any atom is -0.481 e. The quantitative estimate of drug-likeness (QED) is 0.780. The van der Waals surface area contributed by atoms with Gasteiger partial charge in [0.05, 0.1) is 0 Å². The fraction of sp³-hybridized carbons (Fsp3) is 0.462. The first kappa shape index (κ1) is 12.6. The van der Waals surface area contributed by atoms with Gasteiger partial charge in [0.1, 0.15) is 5.75 Å². The van der Waals surface area contributed by atoms with Crippen LogP contribution in [0.1, 0.15) is 18.9 Å². The fourth-order valence-electron chi connectivity index (χ4n) is 1.38. The molecule has 0 aromatic heterocycles. The molecule has 0 saturated carbocycles. The highest BCUT2D eigenvalue weighted by molar-refractivity contribution is 5.80. The van der Waals surface area contributed by atoms with Gasteiger partial charge in [-0.3, -0.25) is 4.79 Å². The summed E-state index contributed by atoms with van der Waals surface area (Å²) in [4.78, 5) is 13.3. The number of carbonyl (C=O) groups is 1. The molecule has 3 nitrogen and oxygen atoms in total. The average molecular weight is 221 g/mol. The first-order chi connectivity index (χ1) is 7.54. The SMILES string of the molecule is CC[C@@H](Oc1ccc(C)cc1)C(=O)N(C)C. The Morgan fingerprint density at radius 2 is 1.88 bits per heavy atom. The van der Waals surface area contributed by atoms with E-state index in [0.29, 0.717) is 6.42 Å². The van der Waals surface area contributed by atoms with Crippen molar-refractivity contribution in [3.8, 4) is 5.75 Å². The minimum atomic E-state index is -0.391. The molecule has 16 heavy (non-hydrogen) atoms. The van der Waals surface area contributed by atoms with Crippen molar-refractivity contribution in [1.82, 2.24) is 4.90 Å². The van der Waals surface area contributed by atoms with Crippen molar-refractivity contribution in [1.29, 1.82) is 0 Å². The third-order valence-electron chi connectivity index (χ3n) is 2.39. The number of likely N-dealkylation sites (N-methyl/N-ethyl adjacent to an activating group) is 1. The van der Waals surface area contributed by atoms with E-state index in [0.717, 1.165) is 5.75 Å². The van der Waals surface area contributed by atoms with Crippen LogP contribution in [0.5, 0.6) is 5.75 Å². The lowest BCUT2D eigenvalue weighted by atomic mass is 10.2. The Balaban J connectivity index is 2.70. The number of rotatable bonds is 4. The third-order valence-corrected chi connectivity index (χ3v) is 2.39. The Labute approximate surface area is 97.0 Å². The largest absolute Gasteiger partial charge is 0.481 e. The maximum Gasteiger partial charge on any atom is 0.263 e. The van der Waals surface area contributed by atoms with Crippen LogP contribution < -0.4 is 4.74 Å². The summed E-state index contributed by atoms with van der Waals surface area (Å²) in [5.41, 5.74) is 1.18. The van der Waals surface area contributed by atoms with Gasteiger partial charge in [-0.25, -0.2) is 0 Å². The zero-order valence-electron chi connectivity index (χ0n) is 10.4. The normalized spacial score (nSPS) is 12.0. The summed E-state index contributed by atoms with van der Waals surface area (Å²) < 4.78 is 5.65. The first-order valence-electron chi connectivity index (χ1n) is 5.49. The van der Waals surface area contributed by atoms with Crippen LogP contribution in [0.3, 0.4) is 0 Å². The fourth-order valence-corrected chi connectivity index (χ4v) is 1.38. The van der Waals surface area contributed by atoms with Gasteiger partial charge in [0, 0.05) is 14.1 Å². The molecule has 0 saturated heterocycles. The van der Waals surface area contributed by atoms with E-state index < -0.39 is 6.10 Å². The number of carbonyl (C=O) groups excluding carboxylic acids is 1. The topological polar surface area (TPSA) is 29.5 Å². The molecule has 0 N–H and O–H groups in total. The number of benzene rings is 1. The molecule has 0 radical (unpaired) electrons. The molecule has 0 heterocycles. The predicted octanol–water partition coefficient (Wildman–Crippen LogP) is 2.24. The van der Waals surface area contributed by atoms with Gasteiger partial charge >= 0.3 is 0 Å². The van der Waals surface area contributed by atoms with Crippen molar-refractivity contribution < 1.29 is 9.53 Å². The molecule has 0 aliphatic rings. The van der Waals surface area contributed by atoms with Gasteiger partial charge in [-0.15, -0.1) is 0 Å². The second kappa shape index (κ2) is 5.54. The molecule has 1 aromatic rings. The van der Waals surface area contributed by atoms with Crippen molar-refractivity contribution >= 4 is 5.91 Å². The van der Waals surface area contributed by atoms with Crippen LogP contribution in [0.2, 0.25) is 0 Å². The van der Waals surface area contributed by atoms with Gasteiger partial charge in [-0.2, -0.15) is 0 Å². The van der Waals surface area contributed by atoms with Crippen molar-refractivity contribution in [2.24, 2.45) is 0 Å². The lowest BCUT2D eigenvalue weighted by Crippen LogP contribution is -2.37. The van der Waals surface area contributed by atoms with Crippen LogP contribution in [0.4, 0.5) is 0 Å². The summed E-state index contributed by atoms with van der Waals surface area (Å²) in [6.07, 6.45) is 0.281. The number of amides is 1. The highest BCUT2D eigenvalue weighted by Gasteiger charge is 2.19. The van der Waals surface area contributed by atoms with Crippen LogP contribution in [-0.4, -0.2) is 31.0 Å². The van der Waals surface area contributed by atoms with E-state index in [1.54, 1.807) is 19.0 Å². The van der Waals surface area contributed by atoms with Crippen LogP contribution in [0, 0.1) is 6.92 Å². The molecule has 0 unspecified atom stereocenters. The molecule has 1 atom stereocenters. The van der Waals surface area contributed by atoms with Gasteiger partial charge in [-0.05, 0) is 25.5 Å². The Morgan fingerprint density at radius 1 is 1.31 bits per heavy atom. The third kappa shape index (κ3) is 3.26. The van der Waals surface area contributed by atoms with Crippen LogP contribution >= 0.6 is 0 Å². The summed E-state index contributed by atoms with van der Waals surface area (Å²) >= 11 is 0. The van der Waals surface area contributed by atoms with E-state index in [1.807, 2.05) is 38.1 Å². The first-order valence-corrected chi connectivity index (χ1v) is 5.49. The predicted molar refractivity (Wildman–Crippen MR) is 64.6 cm³/mol. The molecule has 0 aliphatic carbocycles. The van der Waals surface area contributed by atoms with Crippen LogP contribution in [0.15, 0.2) is 24.3 Å². The summed E-state index contributed by atoms with van der Waals surface area (Å²) in [5.74, 6) is 0.746. The van der Waals surface area contributed by atoms with Crippen molar-refractivity contribution in [3.63, 3.8) is 0 Å². The van der Waals surface area contributed by atoms with E-state index >= 15 is 0 Å². The van der Waals surface area contributed by atoms with Gasteiger partial charge in [0.2, 0.25) is 0 Å². The van der Waals surface area contributed by atoms with Gasteiger partial charge in [0.15, 0.2) is 6.10 Å². The second-order valence-electron chi connectivity index (χ2n) is 4.06. The maximum absolute atomic E-state index is 11.7. The molecule has 0 fully saturated rings.